The number of imidazole rings is 1. The highest BCUT2D eigenvalue weighted by molar-refractivity contribution is 7.86. The molecule has 0 fully saturated rings. The largest absolute Gasteiger partial charge is 0.309 e. The third-order valence-corrected chi connectivity index (χ3v) is 11.6. The summed E-state index contributed by atoms with van der Waals surface area (Å²) < 4.78 is 20.3. The zero-order chi connectivity index (χ0) is 27.8. The first-order valence-electron chi connectivity index (χ1n) is 14.1. The van der Waals surface area contributed by atoms with Gasteiger partial charge in [-0.3, -0.25) is 4.57 Å². The number of hydrogen-bond donors (Lipinski definition) is 0. The van der Waals surface area contributed by atoms with Crippen molar-refractivity contribution in [3.8, 4) is 22.8 Å². The van der Waals surface area contributed by atoms with Gasteiger partial charge >= 0.3 is 0 Å². The molecule has 0 N–H and O–H groups in total. The number of aromatic nitrogens is 3. The van der Waals surface area contributed by atoms with Gasteiger partial charge in [0, 0.05) is 37.9 Å². The highest BCUT2D eigenvalue weighted by Gasteiger charge is 2.40. The Labute approximate surface area is 242 Å². The molecule has 9 rings (SSSR count). The summed E-state index contributed by atoms with van der Waals surface area (Å²) in [5.41, 5.74) is 6.93. The van der Waals surface area contributed by atoms with Gasteiger partial charge in [-0.25, -0.2) is 4.98 Å². The van der Waals surface area contributed by atoms with Gasteiger partial charge in [0.1, 0.15) is 5.82 Å². The fourth-order valence-corrected chi connectivity index (χ4v) is 9.75. The standard InChI is InChI=1S/C37H24N3OP/c41-42(27-14-5-2-6-15-27)34-21-11-18-30-36(34)40(37(38-30)25-12-3-1-4-13-25)33-23-22-26(24-35(33)42)39-31-19-9-7-16-28(31)29-17-8-10-20-32(29)39/h1-24H. The van der Waals surface area contributed by atoms with Crippen molar-refractivity contribution in [2.75, 3.05) is 0 Å². The van der Waals surface area contributed by atoms with Crippen molar-refractivity contribution in [3.63, 3.8) is 0 Å². The fraction of sp³-hybridized carbons (Fsp3) is 0. The van der Waals surface area contributed by atoms with E-state index in [2.05, 4.69) is 88.0 Å². The van der Waals surface area contributed by atoms with Crippen LogP contribution < -0.4 is 15.9 Å². The molecule has 0 aliphatic carbocycles. The Balaban J connectivity index is 1.42. The second kappa shape index (κ2) is 8.66. The Kier molecular flexibility index (Phi) is 4.85. The molecule has 0 spiro atoms. The average Bonchev–Trinajstić information content (AvgIpc) is 3.61. The number of para-hydroxylation sites is 3. The number of hydrogen-bond acceptors (Lipinski definition) is 2. The molecule has 8 aromatic rings. The van der Waals surface area contributed by atoms with Crippen molar-refractivity contribution >= 4 is 55.9 Å². The summed E-state index contributed by atoms with van der Waals surface area (Å²) >= 11 is 0. The average molecular weight is 558 g/mol. The maximum absolute atomic E-state index is 15.8. The van der Waals surface area contributed by atoms with Crippen LogP contribution in [-0.2, 0) is 4.57 Å². The van der Waals surface area contributed by atoms with Crippen molar-refractivity contribution in [1.29, 1.82) is 0 Å². The number of nitrogens with zero attached hydrogens (tertiary/aromatic N) is 3. The molecule has 1 atom stereocenters. The van der Waals surface area contributed by atoms with Crippen molar-refractivity contribution in [3.05, 3.63) is 146 Å². The summed E-state index contributed by atoms with van der Waals surface area (Å²) in [6, 6.07) is 49.7. The topological polar surface area (TPSA) is 39.8 Å². The number of fused-ring (bicyclic) bond motifs is 5. The van der Waals surface area contributed by atoms with E-state index in [9.17, 15) is 0 Å². The SMILES string of the molecule is O=P1(c2ccccc2)c2cc(-n3c4ccccc4c4ccccc43)ccc2-n2c(-c3ccccc3)nc3cccc1c32. The first kappa shape index (κ1) is 23.5. The molecule has 0 radical (unpaired) electrons. The van der Waals surface area contributed by atoms with Crippen LogP contribution in [-0.4, -0.2) is 14.1 Å². The van der Waals surface area contributed by atoms with Gasteiger partial charge in [-0.05, 0) is 42.5 Å². The molecular weight excluding hydrogens is 533 g/mol. The molecule has 1 unspecified atom stereocenters. The number of benzene rings is 6. The van der Waals surface area contributed by atoms with Crippen molar-refractivity contribution in [1.82, 2.24) is 14.1 Å². The second-order valence-corrected chi connectivity index (χ2v) is 13.5. The molecule has 0 bridgehead atoms. The Hall–Kier alpha value is -5.18. The summed E-state index contributed by atoms with van der Waals surface area (Å²) in [6.45, 7) is 0. The fourth-order valence-electron chi connectivity index (χ4n) is 6.72. The first-order chi connectivity index (χ1) is 20.7. The van der Waals surface area contributed by atoms with Crippen LogP contribution in [0.3, 0.4) is 0 Å². The van der Waals surface area contributed by atoms with E-state index in [4.69, 9.17) is 4.98 Å². The smallest absolute Gasteiger partial charge is 0.175 e. The van der Waals surface area contributed by atoms with Crippen LogP contribution in [0.15, 0.2) is 146 Å². The zero-order valence-electron chi connectivity index (χ0n) is 22.6. The van der Waals surface area contributed by atoms with E-state index in [-0.39, 0.29) is 0 Å². The molecule has 0 amide bonds. The summed E-state index contributed by atoms with van der Waals surface area (Å²) in [6.07, 6.45) is 0. The molecule has 0 saturated carbocycles. The van der Waals surface area contributed by atoms with Gasteiger partial charge in [-0.2, -0.15) is 0 Å². The quantitative estimate of drug-likeness (QED) is 0.209. The van der Waals surface area contributed by atoms with E-state index in [1.54, 1.807) is 0 Å². The van der Waals surface area contributed by atoms with Crippen LogP contribution in [0.2, 0.25) is 0 Å². The molecule has 198 valence electrons. The van der Waals surface area contributed by atoms with Crippen LogP contribution in [0.1, 0.15) is 0 Å². The molecule has 42 heavy (non-hydrogen) atoms. The Morgan fingerprint density at radius 2 is 1.19 bits per heavy atom. The Morgan fingerprint density at radius 1 is 0.548 bits per heavy atom. The summed E-state index contributed by atoms with van der Waals surface area (Å²) in [4.78, 5) is 5.10. The van der Waals surface area contributed by atoms with Crippen LogP contribution in [0.4, 0.5) is 0 Å². The lowest BCUT2D eigenvalue weighted by Gasteiger charge is -2.30. The van der Waals surface area contributed by atoms with Crippen LogP contribution >= 0.6 is 7.14 Å². The molecule has 1 aliphatic heterocycles. The normalized spacial score (nSPS) is 15.8. The van der Waals surface area contributed by atoms with Gasteiger partial charge in [-0.1, -0.05) is 103 Å². The summed E-state index contributed by atoms with van der Waals surface area (Å²) in [5, 5.41) is 4.87. The van der Waals surface area contributed by atoms with Gasteiger partial charge in [0.15, 0.2) is 7.14 Å². The Morgan fingerprint density at radius 3 is 1.90 bits per heavy atom. The molecule has 4 nitrogen and oxygen atoms in total. The zero-order valence-corrected chi connectivity index (χ0v) is 23.4. The maximum Gasteiger partial charge on any atom is 0.175 e. The molecule has 2 aromatic heterocycles. The van der Waals surface area contributed by atoms with Gasteiger partial charge in [0.05, 0.1) is 27.8 Å². The third-order valence-electron chi connectivity index (χ3n) is 8.52. The second-order valence-electron chi connectivity index (χ2n) is 10.8. The van der Waals surface area contributed by atoms with Crippen molar-refractivity contribution < 1.29 is 4.57 Å². The van der Waals surface area contributed by atoms with E-state index in [1.165, 1.54) is 10.8 Å². The van der Waals surface area contributed by atoms with Gasteiger partial charge in [0.2, 0.25) is 0 Å². The maximum atomic E-state index is 15.8. The first-order valence-corrected chi connectivity index (χ1v) is 15.8. The lowest BCUT2D eigenvalue weighted by Crippen LogP contribution is -2.33. The van der Waals surface area contributed by atoms with E-state index in [0.29, 0.717) is 0 Å². The molecule has 3 heterocycles. The monoisotopic (exact) mass is 557 g/mol. The van der Waals surface area contributed by atoms with Gasteiger partial charge in [-0.15, -0.1) is 0 Å². The molecule has 0 saturated heterocycles. The van der Waals surface area contributed by atoms with E-state index in [1.807, 2.05) is 66.7 Å². The highest BCUT2D eigenvalue weighted by Crippen LogP contribution is 2.50. The lowest BCUT2D eigenvalue weighted by atomic mass is 10.2. The predicted octanol–water partition coefficient (Wildman–Crippen LogP) is 7.74. The van der Waals surface area contributed by atoms with Gasteiger partial charge in [0.25, 0.3) is 0 Å². The Bertz CT molecular complexity index is 2330. The van der Waals surface area contributed by atoms with Crippen LogP contribution in [0.5, 0.6) is 0 Å². The minimum absolute atomic E-state index is 0.822. The highest BCUT2D eigenvalue weighted by atomic mass is 31.2. The molecule has 6 aromatic carbocycles. The van der Waals surface area contributed by atoms with Crippen LogP contribution in [0.25, 0.3) is 55.6 Å². The molecule has 5 heteroatoms. The molecular formula is C37H24N3OP. The van der Waals surface area contributed by atoms with E-state index >= 15 is 4.57 Å². The molecule has 1 aliphatic rings. The third kappa shape index (κ3) is 3.07. The van der Waals surface area contributed by atoms with Crippen LogP contribution in [0, 0.1) is 0 Å². The minimum atomic E-state index is -3.27. The summed E-state index contributed by atoms with van der Waals surface area (Å²) in [5.74, 6) is 0.850. The minimum Gasteiger partial charge on any atom is -0.309 e. The van der Waals surface area contributed by atoms with E-state index in [0.717, 1.165) is 60.7 Å². The van der Waals surface area contributed by atoms with Crippen molar-refractivity contribution in [2.45, 2.75) is 0 Å². The van der Waals surface area contributed by atoms with Crippen molar-refractivity contribution in [2.24, 2.45) is 0 Å². The lowest BCUT2D eigenvalue weighted by molar-refractivity contribution is 0.592. The summed E-state index contributed by atoms with van der Waals surface area (Å²) in [7, 11) is -3.27. The van der Waals surface area contributed by atoms with Gasteiger partial charge < -0.3 is 9.13 Å². The predicted molar refractivity (Wildman–Crippen MR) is 174 cm³/mol. The number of rotatable bonds is 3. The van der Waals surface area contributed by atoms with E-state index < -0.39 is 7.14 Å².